The first-order valence-corrected chi connectivity index (χ1v) is 6.08. The minimum atomic E-state index is 0.447. The van der Waals surface area contributed by atoms with E-state index in [0.29, 0.717) is 12.0 Å². The standard InChI is InChI=1S/C12H16BrNO/c1-15-8-10-5-6-14-12(10)9-3-2-4-11(13)7-9/h2-4,7,10,12,14H,5-6,8H2,1H3. The van der Waals surface area contributed by atoms with E-state index in [1.54, 1.807) is 7.11 Å². The Bertz CT molecular complexity index is 329. The Morgan fingerprint density at radius 1 is 1.53 bits per heavy atom. The van der Waals surface area contributed by atoms with Crippen LogP contribution in [0.4, 0.5) is 0 Å². The molecule has 1 fully saturated rings. The first-order chi connectivity index (χ1) is 7.31. The van der Waals surface area contributed by atoms with E-state index in [0.717, 1.165) is 17.6 Å². The Morgan fingerprint density at radius 3 is 3.13 bits per heavy atom. The van der Waals surface area contributed by atoms with Crippen LogP contribution in [-0.2, 0) is 4.74 Å². The molecule has 0 radical (unpaired) electrons. The van der Waals surface area contributed by atoms with Gasteiger partial charge in [-0.25, -0.2) is 0 Å². The van der Waals surface area contributed by atoms with Crippen molar-refractivity contribution in [3.63, 3.8) is 0 Å². The molecule has 1 aliphatic rings. The molecule has 82 valence electrons. The van der Waals surface area contributed by atoms with Gasteiger partial charge in [-0.2, -0.15) is 0 Å². The third kappa shape index (κ3) is 2.60. The molecule has 0 saturated carbocycles. The normalized spacial score (nSPS) is 25.7. The molecule has 0 bridgehead atoms. The Labute approximate surface area is 99.1 Å². The van der Waals surface area contributed by atoms with Crippen molar-refractivity contribution in [3.05, 3.63) is 34.3 Å². The van der Waals surface area contributed by atoms with Gasteiger partial charge in [-0.3, -0.25) is 0 Å². The highest BCUT2D eigenvalue weighted by atomic mass is 79.9. The summed E-state index contributed by atoms with van der Waals surface area (Å²) in [5.41, 5.74) is 1.35. The zero-order valence-corrected chi connectivity index (χ0v) is 10.5. The zero-order chi connectivity index (χ0) is 10.7. The van der Waals surface area contributed by atoms with Gasteiger partial charge in [-0.05, 0) is 30.7 Å². The predicted molar refractivity (Wildman–Crippen MR) is 64.9 cm³/mol. The van der Waals surface area contributed by atoms with Crippen molar-refractivity contribution in [1.29, 1.82) is 0 Å². The third-order valence-corrected chi connectivity index (χ3v) is 3.43. The van der Waals surface area contributed by atoms with Crippen molar-refractivity contribution in [2.75, 3.05) is 20.3 Å². The second-order valence-electron chi connectivity index (χ2n) is 3.99. The molecule has 3 heteroatoms. The van der Waals surface area contributed by atoms with Gasteiger partial charge < -0.3 is 10.1 Å². The first-order valence-electron chi connectivity index (χ1n) is 5.29. The van der Waals surface area contributed by atoms with Gasteiger partial charge in [-0.15, -0.1) is 0 Å². The van der Waals surface area contributed by atoms with Crippen LogP contribution in [0.5, 0.6) is 0 Å². The van der Waals surface area contributed by atoms with Gasteiger partial charge in [0.25, 0.3) is 0 Å². The first kappa shape index (κ1) is 11.1. The van der Waals surface area contributed by atoms with Crippen LogP contribution in [0.25, 0.3) is 0 Å². The van der Waals surface area contributed by atoms with E-state index in [4.69, 9.17) is 4.74 Å². The summed E-state index contributed by atoms with van der Waals surface area (Å²) in [6, 6.07) is 8.96. The summed E-state index contributed by atoms with van der Waals surface area (Å²) in [6.45, 7) is 1.93. The predicted octanol–water partition coefficient (Wildman–Crippen LogP) is 2.75. The Morgan fingerprint density at radius 2 is 2.40 bits per heavy atom. The Hall–Kier alpha value is -0.380. The molecular formula is C12H16BrNO. The van der Waals surface area contributed by atoms with Crippen molar-refractivity contribution in [3.8, 4) is 0 Å². The summed E-state index contributed by atoms with van der Waals surface area (Å²) < 4.78 is 6.40. The molecule has 1 aliphatic heterocycles. The van der Waals surface area contributed by atoms with Crippen LogP contribution >= 0.6 is 15.9 Å². The van der Waals surface area contributed by atoms with Crippen molar-refractivity contribution < 1.29 is 4.74 Å². The average molecular weight is 270 g/mol. The molecule has 0 aromatic heterocycles. The maximum atomic E-state index is 5.26. The summed E-state index contributed by atoms with van der Waals surface area (Å²) in [6.07, 6.45) is 1.20. The molecule has 0 amide bonds. The Balaban J connectivity index is 2.15. The molecular weight excluding hydrogens is 254 g/mol. The smallest absolute Gasteiger partial charge is 0.0509 e. The van der Waals surface area contributed by atoms with Gasteiger partial charge in [0.15, 0.2) is 0 Å². The van der Waals surface area contributed by atoms with Gasteiger partial charge >= 0.3 is 0 Å². The molecule has 0 spiro atoms. The van der Waals surface area contributed by atoms with Crippen LogP contribution in [-0.4, -0.2) is 20.3 Å². The highest BCUT2D eigenvalue weighted by Gasteiger charge is 2.27. The van der Waals surface area contributed by atoms with Crippen molar-refractivity contribution in [1.82, 2.24) is 5.32 Å². The van der Waals surface area contributed by atoms with Crippen LogP contribution in [0.2, 0.25) is 0 Å². The average Bonchev–Trinajstić information content (AvgIpc) is 2.66. The fraction of sp³-hybridized carbons (Fsp3) is 0.500. The third-order valence-electron chi connectivity index (χ3n) is 2.94. The fourth-order valence-corrected chi connectivity index (χ4v) is 2.66. The van der Waals surface area contributed by atoms with E-state index in [1.165, 1.54) is 12.0 Å². The summed E-state index contributed by atoms with van der Waals surface area (Å²) in [5.74, 6) is 0.601. The van der Waals surface area contributed by atoms with Gasteiger partial charge in [-0.1, -0.05) is 28.1 Å². The molecule has 2 unspecified atom stereocenters. The van der Waals surface area contributed by atoms with Gasteiger partial charge in [0.1, 0.15) is 0 Å². The molecule has 0 aliphatic carbocycles. The van der Waals surface area contributed by atoms with E-state index in [9.17, 15) is 0 Å². The quantitative estimate of drug-likeness (QED) is 0.911. The molecule has 1 aromatic carbocycles. The topological polar surface area (TPSA) is 21.3 Å². The monoisotopic (exact) mass is 269 g/mol. The second kappa shape index (κ2) is 5.10. The number of methoxy groups -OCH3 is 1. The number of hydrogen-bond donors (Lipinski definition) is 1. The van der Waals surface area contributed by atoms with Gasteiger partial charge in [0, 0.05) is 23.5 Å². The summed E-state index contributed by atoms with van der Waals surface area (Å²) in [7, 11) is 1.77. The highest BCUT2D eigenvalue weighted by molar-refractivity contribution is 9.10. The summed E-state index contributed by atoms with van der Waals surface area (Å²) in [5, 5.41) is 3.53. The Kier molecular flexibility index (Phi) is 3.78. The number of benzene rings is 1. The lowest BCUT2D eigenvalue weighted by molar-refractivity contribution is 0.145. The molecule has 2 nitrogen and oxygen atoms in total. The molecule has 2 atom stereocenters. The molecule has 2 rings (SSSR count). The number of halogens is 1. The lowest BCUT2D eigenvalue weighted by atomic mass is 9.95. The lowest BCUT2D eigenvalue weighted by Crippen LogP contribution is -2.20. The van der Waals surface area contributed by atoms with E-state index in [-0.39, 0.29) is 0 Å². The van der Waals surface area contributed by atoms with E-state index >= 15 is 0 Å². The molecule has 1 saturated heterocycles. The minimum Gasteiger partial charge on any atom is -0.384 e. The fourth-order valence-electron chi connectivity index (χ4n) is 2.24. The molecule has 15 heavy (non-hydrogen) atoms. The maximum absolute atomic E-state index is 5.26. The number of hydrogen-bond acceptors (Lipinski definition) is 2. The van der Waals surface area contributed by atoms with Crippen LogP contribution in [0, 0.1) is 5.92 Å². The minimum absolute atomic E-state index is 0.447. The molecule has 1 heterocycles. The highest BCUT2D eigenvalue weighted by Crippen LogP contribution is 2.30. The number of rotatable bonds is 3. The van der Waals surface area contributed by atoms with Gasteiger partial charge in [0.05, 0.1) is 6.61 Å². The summed E-state index contributed by atoms with van der Waals surface area (Å²) >= 11 is 3.51. The van der Waals surface area contributed by atoms with E-state index < -0.39 is 0 Å². The van der Waals surface area contributed by atoms with Crippen LogP contribution < -0.4 is 5.32 Å². The summed E-state index contributed by atoms with van der Waals surface area (Å²) in [4.78, 5) is 0. The van der Waals surface area contributed by atoms with E-state index in [1.807, 2.05) is 0 Å². The van der Waals surface area contributed by atoms with E-state index in [2.05, 4.69) is 45.5 Å². The maximum Gasteiger partial charge on any atom is 0.0509 e. The van der Waals surface area contributed by atoms with Crippen LogP contribution in [0.15, 0.2) is 28.7 Å². The lowest BCUT2D eigenvalue weighted by Gasteiger charge is -2.19. The van der Waals surface area contributed by atoms with Crippen LogP contribution in [0.3, 0.4) is 0 Å². The SMILES string of the molecule is COCC1CCNC1c1cccc(Br)c1. The molecule has 1 aromatic rings. The number of ether oxygens (including phenoxy) is 1. The largest absolute Gasteiger partial charge is 0.384 e. The zero-order valence-electron chi connectivity index (χ0n) is 8.87. The van der Waals surface area contributed by atoms with Crippen LogP contribution in [0.1, 0.15) is 18.0 Å². The second-order valence-corrected chi connectivity index (χ2v) is 4.91. The molecule has 1 N–H and O–H groups in total. The van der Waals surface area contributed by atoms with Crippen molar-refractivity contribution >= 4 is 15.9 Å². The van der Waals surface area contributed by atoms with Crippen molar-refractivity contribution in [2.24, 2.45) is 5.92 Å². The van der Waals surface area contributed by atoms with Gasteiger partial charge in [0.2, 0.25) is 0 Å². The van der Waals surface area contributed by atoms with Crippen molar-refractivity contribution in [2.45, 2.75) is 12.5 Å². The number of nitrogens with one attached hydrogen (secondary N) is 1.